The summed E-state index contributed by atoms with van der Waals surface area (Å²) in [5.41, 5.74) is -4.46. The first kappa shape index (κ1) is 14.5. The van der Waals surface area contributed by atoms with Crippen molar-refractivity contribution in [1.29, 1.82) is 0 Å². The molecule has 0 aromatic heterocycles. The zero-order valence-corrected chi connectivity index (χ0v) is 8.98. The van der Waals surface area contributed by atoms with Gasteiger partial charge in [-0.2, -0.15) is 22.0 Å². The van der Waals surface area contributed by atoms with E-state index in [0.29, 0.717) is 0 Å². The number of nitrogens with two attached hydrogens (primary N) is 1. The number of allylic oxidation sites excluding steroid dienone is 2. The summed E-state index contributed by atoms with van der Waals surface area (Å²) in [4.78, 5) is 0. The van der Waals surface area contributed by atoms with Crippen molar-refractivity contribution in [2.24, 2.45) is 5.73 Å². The normalized spacial score (nSPS) is 17.6. The summed E-state index contributed by atoms with van der Waals surface area (Å²) in [6.45, 7) is 0. The van der Waals surface area contributed by atoms with Gasteiger partial charge in [-0.25, -0.2) is 17.6 Å². The molecule has 0 bridgehead atoms. The molecule has 0 saturated heterocycles. The Bertz CT molecular complexity index is 641. The van der Waals surface area contributed by atoms with Gasteiger partial charge in [-0.1, -0.05) is 0 Å². The summed E-state index contributed by atoms with van der Waals surface area (Å²) in [5, 5.41) is 0. The first-order chi connectivity index (χ1) is 8.92. The molecule has 0 aliphatic heterocycles. The van der Waals surface area contributed by atoms with E-state index in [9.17, 15) is 39.5 Å². The van der Waals surface area contributed by atoms with Crippen molar-refractivity contribution in [3.8, 4) is 0 Å². The van der Waals surface area contributed by atoms with Crippen molar-refractivity contribution in [2.75, 3.05) is 0 Å². The second kappa shape index (κ2) is 3.83. The van der Waals surface area contributed by atoms with E-state index in [1.54, 1.807) is 0 Å². The Balaban J connectivity index is 3.00. The Morgan fingerprint density at radius 3 is 1.70 bits per heavy atom. The van der Waals surface area contributed by atoms with E-state index in [0.717, 1.165) is 0 Å². The van der Waals surface area contributed by atoms with Gasteiger partial charge in [-0.15, -0.1) is 0 Å². The minimum atomic E-state index is -5.60. The lowest BCUT2D eigenvalue weighted by molar-refractivity contribution is -0.0707. The number of benzene rings is 1. The lowest BCUT2D eigenvalue weighted by Crippen LogP contribution is -2.23. The maximum absolute atomic E-state index is 13.5. The standard InChI is InChI=1S/C10H2F9N/c11-4-1-2(5(12)7(14)6(4)13)9(15,16)8(20)3(1)10(17,18)19/h20H2. The molecule has 0 spiro atoms. The third-order valence-electron chi connectivity index (χ3n) is 2.72. The van der Waals surface area contributed by atoms with Crippen LogP contribution >= 0.6 is 0 Å². The quantitative estimate of drug-likeness (QED) is 0.442. The molecule has 0 fully saturated rings. The Labute approximate surface area is 104 Å². The molecule has 1 aromatic rings. The van der Waals surface area contributed by atoms with E-state index in [1.165, 1.54) is 0 Å². The molecular formula is C10H2F9N. The van der Waals surface area contributed by atoms with Crippen molar-refractivity contribution in [2.45, 2.75) is 12.1 Å². The first-order valence-corrected chi connectivity index (χ1v) is 4.74. The van der Waals surface area contributed by atoms with Crippen LogP contribution in [0, 0.1) is 23.3 Å². The van der Waals surface area contributed by atoms with E-state index >= 15 is 0 Å². The second-order valence-electron chi connectivity index (χ2n) is 3.87. The Kier molecular flexibility index (Phi) is 2.78. The highest BCUT2D eigenvalue weighted by molar-refractivity contribution is 5.81. The van der Waals surface area contributed by atoms with Crippen LogP contribution in [-0.2, 0) is 5.92 Å². The van der Waals surface area contributed by atoms with Crippen LogP contribution in [0.25, 0.3) is 5.57 Å². The van der Waals surface area contributed by atoms with Crippen LogP contribution < -0.4 is 5.73 Å². The average Bonchev–Trinajstić information content (AvgIpc) is 2.52. The molecule has 0 radical (unpaired) electrons. The molecular weight excluding hydrogens is 305 g/mol. The van der Waals surface area contributed by atoms with Crippen LogP contribution in [0.4, 0.5) is 39.5 Å². The lowest BCUT2D eigenvalue weighted by Gasteiger charge is -2.14. The molecule has 1 aliphatic carbocycles. The van der Waals surface area contributed by atoms with Crippen molar-refractivity contribution < 1.29 is 39.5 Å². The predicted molar refractivity (Wildman–Crippen MR) is 47.3 cm³/mol. The highest BCUT2D eigenvalue weighted by atomic mass is 19.4. The van der Waals surface area contributed by atoms with Crippen LogP contribution in [0.3, 0.4) is 0 Å². The number of hydrogen-bond acceptors (Lipinski definition) is 1. The summed E-state index contributed by atoms with van der Waals surface area (Å²) >= 11 is 0. The molecule has 2 N–H and O–H groups in total. The van der Waals surface area contributed by atoms with Crippen LogP contribution in [0.2, 0.25) is 0 Å². The molecule has 0 heterocycles. The van der Waals surface area contributed by atoms with Crippen LogP contribution in [0.1, 0.15) is 11.1 Å². The number of alkyl halides is 5. The van der Waals surface area contributed by atoms with Crippen LogP contribution in [-0.4, -0.2) is 6.18 Å². The predicted octanol–water partition coefficient (Wildman–Crippen LogP) is 3.58. The van der Waals surface area contributed by atoms with E-state index in [-0.39, 0.29) is 0 Å². The summed E-state index contributed by atoms with van der Waals surface area (Å²) in [5.74, 6) is -15.3. The summed E-state index contributed by atoms with van der Waals surface area (Å²) in [6, 6.07) is 0. The van der Waals surface area contributed by atoms with Gasteiger partial charge in [-0.3, -0.25) is 0 Å². The van der Waals surface area contributed by atoms with Crippen molar-refractivity contribution in [1.82, 2.24) is 0 Å². The van der Waals surface area contributed by atoms with Gasteiger partial charge in [0, 0.05) is 5.56 Å². The fourth-order valence-corrected chi connectivity index (χ4v) is 1.88. The Hall–Kier alpha value is -1.87. The molecule has 0 unspecified atom stereocenters. The topological polar surface area (TPSA) is 26.0 Å². The third-order valence-corrected chi connectivity index (χ3v) is 2.72. The Morgan fingerprint density at radius 1 is 0.800 bits per heavy atom. The molecule has 110 valence electrons. The monoisotopic (exact) mass is 307 g/mol. The molecule has 1 aliphatic rings. The maximum Gasteiger partial charge on any atom is 0.419 e. The largest absolute Gasteiger partial charge is 0.419 e. The zero-order chi connectivity index (χ0) is 15.6. The van der Waals surface area contributed by atoms with Crippen molar-refractivity contribution in [3.63, 3.8) is 0 Å². The van der Waals surface area contributed by atoms with Gasteiger partial charge in [0.2, 0.25) is 0 Å². The summed E-state index contributed by atoms with van der Waals surface area (Å²) < 4.78 is 117. The highest BCUT2D eigenvalue weighted by Gasteiger charge is 2.57. The number of halogens is 9. The molecule has 0 atom stereocenters. The van der Waals surface area contributed by atoms with Gasteiger partial charge < -0.3 is 5.73 Å². The summed E-state index contributed by atoms with van der Waals surface area (Å²) in [7, 11) is 0. The highest BCUT2D eigenvalue weighted by Crippen LogP contribution is 2.54. The molecule has 0 amide bonds. The van der Waals surface area contributed by atoms with Crippen LogP contribution in [0.15, 0.2) is 5.70 Å². The molecule has 10 heteroatoms. The van der Waals surface area contributed by atoms with E-state index in [4.69, 9.17) is 0 Å². The fourth-order valence-electron chi connectivity index (χ4n) is 1.88. The van der Waals surface area contributed by atoms with E-state index in [1.807, 2.05) is 0 Å². The lowest BCUT2D eigenvalue weighted by atomic mass is 10.0. The molecule has 1 aromatic carbocycles. The van der Waals surface area contributed by atoms with E-state index < -0.39 is 57.8 Å². The Morgan fingerprint density at radius 2 is 1.25 bits per heavy atom. The van der Waals surface area contributed by atoms with Crippen molar-refractivity contribution in [3.05, 3.63) is 40.1 Å². The maximum atomic E-state index is 13.5. The average molecular weight is 307 g/mol. The van der Waals surface area contributed by atoms with Gasteiger partial charge >= 0.3 is 12.1 Å². The minimum Gasteiger partial charge on any atom is -0.396 e. The van der Waals surface area contributed by atoms with Gasteiger partial charge in [0.1, 0.15) is 0 Å². The number of rotatable bonds is 0. The van der Waals surface area contributed by atoms with Gasteiger partial charge in [0.15, 0.2) is 23.3 Å². The first-order valence-electron chi connectivity index (χ1n) is 4.74. The smallest absolute Gasteiger partial charge is 0.396 e. The summed E-state index contributed by atoms with van der Waals surface area (Å²) in [6.07, 6.45) is -5.60. The van der Waals surface area contributed by atoms with Crippen LogP contribution in [0.5, 0.6) is 0 Å². The van der Waals surface area contributed by atoms with Gasteiger partial charge in [0.25, 0.3) is 0 Å². The third kappa shape index (κ3) is 1.59. The molecule has 2 rings (SSSR count). The zero-order valence-electron chi connectivity index (χ0n) is 8.98. The van der Waals surface area contributed by atoms with Gasteiger partial charge in [0.05, 0.1) is 16.8 Å². The fraction of sp³-hybridized carbons (Fsp3) is 0.200. The molecule has 1 nitrogen and oxygen atoms in total. The van der Waals surface area contributed by atoms with Gasteiger partial charge in [-0.05, 0) is 0 Å². The minimum absolute atomic E-state index is 2.11. The SMILES string of the molecule is NC1=C(C(F)(F)F)c2c(F)c(F)c(F)c(F)c2C1(F)F. The molecule has 0 saturated carbocycles. The second-order valence-corrected chi connectivity index (χ2v) is 3.87. The molecule has 20 heavy (non-hydrogen) atoms. The number of fused-ring (bicyclic) bond motifs is 1. The van der Waals surface area contributed by atoms with E-state index in [2.05, 4.69) is 5.73 Å². The number of hydrogen-bond donors (Lipinski definition) is 1. The van der Waals surface area contributed by atoms with Crippen molar-refractivity contribution >= 4 is 5.57 Å².